The van der Waals surface area contributed by atoms with Crippen LogP contribution in [0.4, 0.5) is 0 Å². The second-order valence-electron chi connectivity index (χ2n) is 5.28. The second-order valence-corrected chi connectivity index (χ2v) is 7.08. The number of nitrogens with two attached hydrogens (primary N) is 1. The molecule has 0 aliphatic heterocycles. The molecule has 1 heterocycles. The number of halogens is 1. The summed E-state index contributed by atoms with van der Waals surface area (Å²) in [7, 11) is -3.50. The van der Waals surface area contributed by atoms with Crippen LogP contribution < -0.4 is 10.5 Å². The van der Waals surface area contributed by atoms with Gasteiger partial charge < -0.3 is 10.3 Å². The van der Waals surface area contributed by atoms with E-state index in [2.05, 4.69) is 9.88 Å². The van der Waals surface area contributed by atoms with Crippen molar-refractivity contribution in [1.82, 2.24) is 9.88 Å². The lowest BCUT2D eigenvalue weighted by Gasteiger charge is -2.26. The Hall–Kier alpha value is -1.15. The molecule has 6 nitrogen and oxygen atoms in total. The van der Waals surface area contributed by atoms with Gasteiger partial charge in [-0.2, -0.15) is 0 Å². The molecule has 2 rings (SSSR count). The fourth-order valence-corrected chi connectivity index (χ4v) is 3.20. The van der Waals surface area contributed by atoms with Crippen molar-refractivity contribution in [1.29, 1.82) is 0 Å². The van der Waals surface area contributed by atoms with Crippen LogP contribution in [0.2, 0.25) is 0 Å². The summed E-state index contributed by atoms with van der Waals surface area (Å²) < 4.78 is 32.0. The zero-order valence-electron chi connectivity index (χ0n) is 12.7. The van der Waals surface area contributed by atoms with Crippen molar-refractivity contribution in [3.8, 4) is 0 Å². The van der Waals surface area contributed by atoms with Crippen molar-refractivity contribution in [2.24, 2.45) is 5.73 Å². The summed E-state index contributed by atoms with van der Waals surface area (Å²) in [6, 6.07) is 7.18. The molecule has 2 aromatic rings. The van der Waals surface area contributed by atoms with Gasteiger partial charge in [0.15, 0.2) is 5.58 Å². The van der Waals surface area contributed by atoms with E-state index in [1.807, 2.05) is 26.0 Å². The number of para-hydroxylation sites is 1. The molecular weight excluding hydrogens is 326 g/mol. The van der Waals surface area contributed by atoms with Crippen molar-refractivity contribution in [3.63, 3.8) is 0 Å². The van der Waals surface area contributed by atoms with Crippen LogP contribution in [-0.4, -0.2) is 25.7 Å². The van der Waals surface area contributed by atoms with E-state index in [0.29, 0.717) is 29.5 Å². The Morgan fingerprint density at radius 1 is 1.27 bits per heavy atom. The van der Waals surface area contributed by atoms with Crippen LogP contribution in [-0.2, 0) is 15.8 Å². The molecule has 0 unspecified atom stereocenters. The molecule has 0 saturated heterocycles. The Balaban J connectivity index is 0.00000242. The van der Waals surface area contributed by atoms with E-state index >= 15 is 0 Å². The van der Waals surface area contributed by atoms with E-state index in [1.165, 1.54) is 0 Å². The number of hydrogen-bond acceptors (Lipinski definition) is 5. The van der Waals surface area contributed by atoms with Crippen molar-refractivity contribution >= 4 is 33.4 Å². The van der Waals surface area contributed by atoms with Crippen LogP contribution in [0.1, 0.15) is 32.4 Å². The first-order valence-corrected chi connectivity index (χ1v) is 8.64. The first kappa shape index (κ1) is 18.9. The first-order chi connectivity index (χ1) is 9.89. The van der Waals surface area contributed by atoms with Gasteiger partial charge in [0, 0.05) is 17.5 Å². The van der Waals surface area contributed by atoms with Gasteiger partial charge in [0.25, 0.3) is 0 Å². The molecule has 1 aromatic carbocycles. The Morgan fingerprint density at radius 2 is 1.91 bits per heavy atom. The van der Waals surface area contributed by atoms with Gasteiger partial charge in [0.05, 0.1) is 0 Å². The number of aromatic nitrogens is 1. The Labute approximate surface area is 136 Å². The predicted molar refractivity (Wildman–Crippen MR) is 89.4 cm³/mol. The van der Waals surface area contributed by atoms with Gasteiger partial charge in [-0.25, -0.2) is 13.1 Å². The molecule has 0 aliphatic rings. The second kappa shape index (κ2) is 7.41. The highest BCUT2D eigenvalue weighted by molar-refractivity contribution is 7.88. The van der Waals surface area contributed by atoms with Gasteiger partial charge in [-0.15, -0.1) is 12.4 Å². The van der Waals surface area contributed by atoms with Crippen LogP contribution in [0.5, 0.6) is 0 Å². The lowest BCUT2D eigenvalue weighted by atomic mass is 9.95. The monoisotopic (exact) mass is 347 g/mol. The molecule has 0 atom stereocenters. The van der Waals surface area contributed by atoms with Crippen LogP contribution in [0.15, 0.2) is 28.8 Å². The van der Waals surface area contributed by atoms with Crippen LogP contribution in [0.25, 0.3) is 11.0 Å². The van der Waals surface area contributed by atoms with E-state index in [9.17, 15) is 8.42 Å². The van der Waals surface area contributed by atoms with Crippen LogP contribution in [0, 0.1) is 0 Å². The third-order valence-corrected chi connectivity index (χ3v) is 5.07. The molecular formula is C14H22ClN3O3S. The molecule has 124 valence electrons. The summed E-state index contributed by atoms with van der Waals surface area (Å²) in [6.45, 7) is 4.12. The molecule has 0 bridgehead atoms. The first-order valence-electron chi connectivity index (χ1n) is 6.98. The van der Waals surface area contributed by atoms with E-state index in [1.54, 1.807) is 12.1 Å². The Kier molecular flexibility index (Phi) is 6.37. The van der Waals surface area contributed by atoms with Gasteiger partial charge in [-0.05, 0) is 25.0 Å². The lowest BCUT2D eigenvalue weighted by molar-refractivity contribution is 0.391. The number of benzene rings is 1. The number of nitrogens with one attached hydrogen (secondary N) is 1. The van der Waals surface area contributed by atoms with Crippen LogP contribution in [0.3, 0.4) is 0 Å². The van der Waals surface area contributed by atoms with Crippen LogP contribution >= 0.6 is 12.4 Å². The molecule has 0 amide bonds. The zero-order valence-corrected chi connectivity index (χ0v) is 14.3. The standard InChI is InChI=1S/C14H21N3O3S.ClH/c1-3-14(15,4-2)10-16-21(18,19)9-12-11-7-5-6-8-13(11)20-17-12;/h5-8,16H,3-4,9-10,15H2,1-2H3;1H. The maximum atomic E-state index is 12.2. The van der Waals surface area contributed by atoms with Gasteiger partial charge >= 0.3 is 0 Å². The zero-order chi connectivity index (χ0) is 15.5. The quantitative estimate of drug-likeness (QED) is 0.799. The minimum atomic E-state index is -3.50. The fourth-order valence-electron chi connectivity index (χ4n) is 2.03. The number of nitrogens with zero attached hydrogens (tertiary/aromatic N) is 1. The molecule has 0 fully saturated rings. The topological polar surface area (TPSA) is 98.2 Å². The van der Waals surface area contributed by atoms with E-state index in [-0.39, 0.29) is 24.7 Å². The highest BCUT2D eigenvalue weighted by atomic mass is 35.5. The van der Waals surface area contributed by atoms with Crippen molar-refractivity contribution in [3.05, 3.63) is 30.0 Å². The summed E-state index contributed by atoms with van der Waals surface area (Å²) >= 11 is 0. The van der Waals surface area contributed by atoms with Gasteiger partial charge in [-0.1, -0.05) is 31.1 Å². The summed E-state index contributed by atoms with van der Waals surface area (Å²) in [4.78, 5) is 0. The summed E-state index contributed by atoms with van der Waals surface area (Å²) in [6.07, 6.45) is 1.41. The average molecular weight is 348 g/mol. The number of fused-ring (bicyclic) bond motifs is 1. The highest BCUT2D eigenvalue weighted by Crippen LogP contribution is 2.19. The summed E-state index contributed by atoms with van der Waals surface area (Å²) in [5, 5.41) is 4.56. The molecule has 0 saturated carbocycles. The molecule has 3 N–H and O–H groups in total. The smallest absolute Gasteiger partial charge is 0.217 e. The van der Waals surface area contributed by atoms with E-state index in [4.69, 9.17) is 10.3 Å². The highest BCUT2D eigenvalue weighted by Gasteiger charge is 2.24. The maximum absolute atomic E-state index is 12.2. The molecule has 0 radical (unpaired) electrons. The Bertz CT molecular complexity index is 711. The fraction of sp³-hybridized carbons (Fsp3) is 0.500. The summed E-state index contributed by atoms with van der Waals surface area (Å²) in [5.41, 5.74) is 6.58. The third-order valence-electron chi connectivity index (χ3n) is 3.83. The maximum Gasteiger partial charge on any atom is 0.217 e. The van der Waals surface area contributed by atoms with Gasteiger partial charge in [0.1, 0.15) is 11.4 Å². The van der Waals surface area contributed by atoms with Gasteiger partial charge in [0.2, 0.25) is 10.0 Å². The largest absolute Gasteiger partial charge is 0.356 e. The molecule has 1 aromatic heterocycles. The third kappa shape index (κ3) is 4.42. The van der Waals surface area contributed by atoms with E-state index in [0.717, 1.165) is 0 Å². The average Bonchev–Trinajstić information content (AvgIpc) is 2.88. The molecule has 0 spiro atoms. The predicted octanol–water partition coefficient (Wildman–Crippen LogP) is 2.19. The SMILES string of the molecule is CCC(N)(CC)CNS(=O)(=O)Cc1noc2ccccc12.Cl. The lowest BCUT2D eigenvalue weighted by Crippen LogP contribution is -2.49. The van der Waals surface area contributed by atoms with Crippen molar-refractivity contribution in [2.75, 3.05) is 6.54 Å². The number of hydrogen-bond donors (Lipinski definition) is 2. The summed E-state index contributed by atoms with van der Waals surface area (Å²) in [5.74, 6) is -0.215. The van der Waals surface area contributed by atoms with E-state index < -0.39 is 15.6 Å². The normalized spacial score (nSPS) is 12.3. The van der Waals surface area contributed by atoms with Crippen molar-refractivity contribution < 1.29 is 12.9 Å². The molecule has 22 heavy (non-hydrogen) atoms. The number of rotatable bonds is 7. The minimum absolute atomic E-state index is 0. The molecule has 0 aliphatic carbocycles. The minimum Gasteiger partial charge on any atom is -0.356 e. The van der Waals surface area contributed by atoms with Crippen molar-refractivity contribution in [2.45, 2.75) is 38.0 Å². The Morgan fingerprint density at radius 3 is 2.55 bits per heavy atom. The van der Waals surface area contributed by atoms with Gasteiger partial charge in [-0.3, -0.25) is 0 Å². The molecule has 8 heteroatoms. The number of sulfonamides is 1.